The molecule has 0 aromatic rings. The molecule has 0 aliphatic heterocycles. The molecule has 0 aromatic heterocycles. The van der Waals surface area contributed by atoms with Crippen molar-refractivity contribution in [3.63, 3.8) is 0 Å². The maximum absolute atomic E-state index is 6.07. The van der Waals surface area contributed by atoms with E-state index in [1.54, 1.807) is 0 Å². The number of hydrogen-bond donors (Lipinski definition) is 0. The van der Waals surface area contributed by atoms with Gasteiger partial charge in [0.1, 0.15) is 0 Å². The zero-order valence-corrected chi connectivity index (χ0v) is 14.4. The van der Waals surface area contributed by atoms with Crippen molar-refractivity contribution in [3.8, 4) is 0 Å². The van der Waals surface area contributed by atoms with E-state index in [0.717, 1.165) is 44.9 Å². The lowest BCUT2D eigenvalue weighted by molar-refractivity contribution is -0.403. The molecule has 0 aliphatic rings. The van der Waals surface area contributed by atoms with Crippen molar-refractivity contribution in [2.75, 3.05) is 19.8 Å². The van der Waals surface area contributed by atoms with E-state index in [-0.39, 0.29) is 5.92 Å². The molecular formula is C17H36O3. The van der Waals surface area contributed by atoms with E-state index in [0.29, 0.717) is 19.8 Å². The van der Waals surface area contributed by atoms with E-state index in [4.69, 9.17) is 14.2 Å². The Morgan fingerprint density at radius 1 is 0.700 bits per heavy atom. The molecule has 3 heteroatoms. The lowest BCUT2D eigenvalue weighted by Crippen LogP contribution is -2.46. The summed E-state index contributed by atoms with van der Waals surface area (Å²) in [7, 11) is 0. The molecule has 0 saturated heterocycles. The summed E-state index contributed by atoms with van der Waals surface area (Å²) in [6, 6.07) is 0. The summed E-state index contributed by atoms with van der Waals surface area (Å²) < 4.78 is 18.2. The highest BCUT2D eigenvalue weighted by molar-refractivity contribution is 4.67. The highest BCUT2D eigenvalue weighted by atomic mass is 16.9. The van der Waals surface area contributed by atoms with Gasteiger partial charge in [-0.25, -0.2) is 0 Å². The van der Waals surface area contributed by atoms with Crippen LogP contribution in [0, 0.1) is 5.92 Å². The Morgan fingerprint density at radius 3 is 1.30 bits per heavy atom. The summed E-state index contributed by atoms with van der Waals surface area (Å²) in [5, 5.41) is 0. The zero-order chi connectivity index (χ0) is 15.3. The van der Waals surface area contributed by atoms with Crippen LogP contribution in [0.2, 0.25) is 0 Å². The van der Waals surface area contributed by atoms with Crippen LogP contribution in [0.4, 0.5) is 0 Å². The maximum Gasteiger partial charge on any atom is 0.285 e. The molecule has 0 aromatic carbocycles. The molecule has 0 saturated carbocycles. The fraction of sp³-hybridized carbons (Fsp3) is 1.00. The largest absolute Gasteiger partial charge is 0.327 e. The minimum absolute atomic E-state index is 0.244. The normalized spacial score (nSPS) is 13.7. The topological polar surface area (TPSA) is 27.7 Å². The van der Waals surface area contributed by atoms with E-state index in [2.05, 4.69) is 34.6 Å². The zero-order valence-electron chi connectivity index (χ0n) is 14.4. The minimum atomic E-state index is -0.839. The standard InChI is InChI=1S/C17H36O3/c1-6-10-13-18-17(16(5)9-4,19-14-11-7-2)20-15-12-8-3/h16H,6-15H2,1-5H3. The Morgan fingerprint density at radius 2 is 1.05 bits per heavy atom. The molecule has 20 heavy (non-hydrogen) atoms. The average molecular weight is 288 g/mol. The van der Waals surface area contributed by atoms with Crippen LogP contribution in [-0.2, 0) is 14.2 Å². The Labute approximate surface area is 126 Å². The van der Waals surface area contributed by atoms with Gasteiger partial charge in [0.05, 0.1) is 19.8 Å². The molecule has 1 atom stereocenters. The van der Waals surface area contributed by atoms with Crippen molar-refractivity contribution >= 4 is 0 Å². The quantitative estimate of drug-likeness (QED) is 0.327. The van der Waals surface area contributed by atoms with Crippen LogP contribution in [0.5, 0.6) is 0 Å². The summed E-state index contributed by atoms with van der Waals surface area (Å²) in [4.78, 5) is 0. The van der Waals surface area contributed by atoms with E-state index >= 15 is 0 Å². The van der Waals surface area contributed by atoms with Crippen molar-refractivity contribution in [1.82, 2.24) is 0 Å². The van der Waals surface area contributed by atoms with Gasteiger partial charge < -0.3 is 14.2 Å². The van der Waals surface area contributed by atoms with Gasteiger partial charge >= 0.3 is 0 Å². The van der Waals surface area contributed by atoms with Gasteiger partial charge in [-0.3, -0.25) is 0 Å². The molecule has 3 nitrogen and oxygen atoms in total. The van der Waals surface area contributed by atoms with E-state index in [1.807, 2.05) is 0 Å². The van der Waals surface area contributed by atoms with E-state index < -0.39 is 5.97 Å². The third kappa shape index (κ3) is 7.61. The van der Waals surface area contributed by atoms with E-state index in [9.17, 15) is 0 Å². The van der Waals surface area contributed by atoms with Crippen molar-refractivity contribution in [2.24, 2.45) is 5.92 Å². The number of ether oxygens (including phenoxy) is 3. The van der Waals surface area contributed by atoms with Crippen LogP contribution >= 0.6 is 0 Å². The Hall–Kier alpha value is -0.120. The third-order valence-electron chi connectivity index (χ3n) is 3.62. The Kier molecular flexibility index (Phi) is 12.5. The first kappa shape index (κ1) is 19.9. The first-order chi connectivity index (χ1) is 9.66. The fourth-order valence-corrected chi connectivity index (χ4v) is 1.88. The molecule has 0 aliphatic carbocycles. The number of unbranched alkanes of at least 4 members (excludes halogenated alkanes) is 3. The predicted molar refractivity (Wildman–Crippen MR) is 84.8 cm³/mol. The second-order valence-corrected chi connectivity index (χ2v) is 5.52. The van der Waals surface area contributed by atoms with Crippen LogP contribution < -0.4 is 0 Å². The molecule has 122 valence electrons. The van der Waals surface area contributed by atoms with Gasteiger partial charge in [0.25, 0.3) is 5.97 Å². The number of rotatable bonds is 14. The molecule has 0 radical (unpaired) electrons. The fourth-order valence-electron chi connectivity index (χ4n) is 1.88. The summed E-state index contributed by atoms with van der Waals surface area (Å²) in [6.07, 6.45) is 7.51. The molecule has 0 N–H and O–H groups in total. The molecule has 0 spiro atoms. The smallest absolute Gasteiger partial charge is 0.285 e. The van der Waals surface area contributed by atoms with Gasteiger partial charge in [-0.1, -0.05) is 53.9 Å². The van der Waals surface area contributed by atoms with Crippen LogP contribution in [0.25, 0.3) is 0 Å². The van der Waals surface area contributed by atoms with Gasteiger partial charge in [0.2, 0.25) is 0 Å². The van der Waals surface area contributed by atoms with Crippen LogP contribution in [-0.4, -0.2) is 25.8 Å². The first-order valence-electron chi connectivity index (χ1n) is 8.58. The molecule has 0 rings (SSSR count). The van der Waals surface area contributed by atoms with Crippen molar-refractivity contribution in [3.05, 3.63) is 0 Å². The summed E-state index contributed by atoms with van der Waals surface area (Å²) >= 11 is 0. The molecule has 0 heterocycles. The monoisotopic (exact) mass is 288 g/mol. The van der Waals surface area contributed by atoms with Gasteiger partial charge in [-0.15, -0.1) is 0 Å². The minimum Gasteiger partial charge on any atom is -0.327 e. The molecule has 0 amide bonds. The SMILES string of the molecule is CCCCOC(OCCCC)(OCCCC)C(C)CC. The van der Waals surface area contributed by atoms with Gasteiger partial charge in [-0.2, -0.15) is 0 Å². The lowest BCUT2D eigenvalue weighted by Gasteiger charge is -2.38. The van der Waals surface area contributed by atoms with Crippen LogP contribution in [0.1, 0.15) is 79.6 Å². The maximum atomic E-state index is 6.07. The lowest BCUT2D eigenvalue weighted by atomic mass is 10.1. The summed E-state index contributed by atoms with van der Waals surface area (Å²) in [6.45, 7) is 13.0. The molecular weight excluding hydrogens is 252 g/mol. The van der Waals surface area contributed by atoms with Gasteiger partial charge in [-0.05, 0) is 25.7 Å². The Balaban J connectivity index is 4.66. The Bertz CT molecular complexity index is 180. The summed E-state index contributed by atoms with van der Waals surface area (Å²) in [5.41, 5.74) is 0. The molecule has 1 unspecified atom stereocenters. The van der Waals surface area contributed by atoms with Crippen molar-refractivity contribution in [1.29, 1.82) is 0 Å². The van der Waals surface area contributed by atoms with Crippen LogP contribution in [0.15, 0.2) is 0 Å². The highest BCUT2D eigenvalue weighted by Crippen LogP contribution is 2.29. The first-order valence-corrected chi connectivity index (χ1v) is 8.58. The van der Waals surface area contributed by atoms with E-state index in [1.165, 1.54) is 0 Å². The number of hydrogen-bond acceptors (Lipinski definition) is 3. The second-order valence-electron chi connectivity index (χ2n) is 5.52. The molecule has 0 fully saturated rings. The predicted octanol–water partition coefficient (Wildman–Crippen LogP) is 5.14. The van der Waals surface area contributed by atoms with Crippen molar-refractivity contribution < 1.29 is 14.2 Å². The third-order valence-corrected chi connectivity index (χ3v) is 3.62. The van der Waals surface area contributed by atoms with Crippen molar-refractivity contribution in [2.45, 2.75) is 85.5 Å². The van der Waals surface area contributed by atoms with Gasteiger partial charge in [0, 0.05) is 5.92 Å². The summed E-state index contributed by atoms with van der Waals surface area (Å²) in [5.74, 6) is -0.595. The van der Waals surface area contributed by atoms with Gasteiger partial charge in [0.15, 0.2) is 0 Å². The second kappa shape index (κ2) is 12.6. The average Bonchev–Trinajstić information content (AvgIpc) is 2.46. The highest BCUT2D eigenvalue weighted by Gasteiger charge is 2.39. The van der Waals surface area contributed by atoms with Crippen LogP contribution in [0.3, 0.4) is 0 Å². The molecule has 0 bridgehead atoms.